The average molecular weight is 124 g/mol. The molecule has 1 aromatic heterocycles. The molecule has 0 unspecified atom stereocenters. The summed E-state index contributed by atoms with van der Waals surface area (Å²) in [7, 11) is 0. The SMILES string of the molecule is CCn1cccc1CN. The highest BCUT2D eigenvalue weighted by Crippen LogP contribution is 1.99. The molecule has 2 heteroatoms. The fourth-order valence-electron chi connectivity index (χ4n) is 0.943. The summed E-state index contributed by atoms with van der Waals surface area (Å²) in [4.78, 5) is 0. The zero-order valence-electron chi connectivity index (χ0n) is 5.67. The molecule has 0 atom stereocenters. The van der Waals surface area contributed by atoms with Gasteiger partial charge in [0, 0.05) is 25.0 Å². The van der Waals surface area contributed by atoms with Gasteiger partial charge >= 0.3 is 0 Å². The van der Waals surface area contributed by atoms with Gasteiger partial charge in [0.2, 0.25) is 0 Å². The van der Waals surface area contributed by atoms with Crippen LogP contribution in [-0.2, 0) is 13.1 Å². The number of rotatable bonds is 2. The Balaban J connectivity index is 2.85. The number of aromatic nitrogens is 1. The van der Waals surface area contributed by atoms with Gasteiger partial charge in [0.25, 0.3) is 0 Å². The smallest absolute Gasteiger partial charge is 0.0334 e. The van der Waals surface area contributed by atoms with Crippen molar-refractivity contribution in [2.45, 2.75) is 20.0 Å². The number of hydrogen-bond donors (Lipinski definition) is 1. The summed E-state index contributed by atoms with van der Waals surface area (Å²) >= 11 is 0. The van der Waals surface area contributed by atoms with Crippen molar-refractivity contribution < 1.29 is 0 Å². The summed E-state index contributed by atoms with van der Waals surface area (Å²) < 4.78 is 2.14. The van der Waals surface area contributed by atoms with Crippen LogP contribution in [0.5, 0.6) is 0 Å². The topological polar surface area (TPSA) is 30.9 Å². The predicted octanol–water partition coefficient (Wildman–Crippen LogP) is 0.967. The lowest BCUT2D eigenvalue weighted by atomic mass is 10.4. The lowest BCUT2D eigenvalue weighted by Gasteiger charge is -2.01. The van der Waals surface area contributed by atoms with Gasteiger partial charge in [0.15, 0.2) is 0 Å². The van der Waals surface area contributed by atoms with Crippen LogP contribution in [0.1, 0.15) is 12.6 Å². The first-order valence-electron chi connectivity index (χ1n) is 3.22. The van der Waals surface area contributed by atoms with Crippen LogP contribution in [0.2, 0.25) is 0 Å². The van der Waals surface area contributed by atoms with E-state index in [9.17, 15) is 0 Å². The Morgan fingerprint density at radius 1 is 1.67 bits per heavy atom. The number of aryl methyl sites for hydroxylation is 1. The minimum Gasteiger partial charge on any atom is -0.351 e. The van der Waals surface area contributed by atoms with Crippen molar-refractivity contribution in [2.24, 2.45) is 5.73 Å². The van der Waals surface area contributed by atoms with E-state index in [1.807, 2.05) is 18.3 Å². The van der Waals surface area contributed by atoms with Gasteiger partial charge in [-0.15, -0.1) is 0 Å². The van der Waals surface area contributed by atoms with Crippen molar-refractivity contribution >= 4 is 0 Å². The Morgan fingerprint density at radius 2 is 2.44 bits per heavy atom. The number of nitrogens with two attached hydrogens (primary N) is 1. The van der Waals surface area contributed by atoms with Gasteiger partial charge in [-0.2, -0.15) is 0 Å². The predicted molar refractivity (Wildman–Crippen MR) is 38.0 cm³/mol. The van der Waals surface area contributed by atoms with Gasteiger partial charge in [0.1, 0.15) is 0 Å². The quantitative estimate of drug-likeness (QED) is 0.625. The molecule has 0 aromatic carbocycles. The van der Waals surface area contributed by atoms with E-state index in [2.05, 4.69) is 11.5 Å². The van der Waals surface area contributed by atoms with Crippen LogP contribution in [0, 0.1) is 0 Å². The lowest BCUT2D eigenvalue weighted by molar-refractivity contribution is 0.716. The van der Waals surface area contributed by atoms with Crippen molar-refractivity contribution in [3.63, 3.8) is 0 Å². The van der Waals surface area contributed by atoms with E-state index in [-0.39, 0.29) is 0 Å². The zero-order valence-corrected chi connectivity index (χ0v) is 5.67. The standard InChI is InChI=1S/C7H12N2/c1-2-9-5-3-4-7(9)6-8/h3-5H,2,6,8H2,1H3. The van der Waals surface area contributed by atoms with Crippen LogP contribution in [0.15, 0.2) is 18.3 Å². The van der Waals surface area contributed by atoms with E-state index < -0.39 is 0 Å². The van der Waals surface area contributed by atoms with Gasteiger partial charge in [-0.25, -0.2) is 0 Å². The average Bonchev–Trinajstić information content (AvgIpc) is 2.33. The highest BCUT2D eigenvalue weighted by atomic mass is 15.0. The normalized spacial score (nSPS) is 10.0. The molecule has 0 bridgehead atoms. The van der Waals surface area contributed by atoms with Gasteiger partial charge in [0.05, 0.1) is 0 Å². The first-order valence-corrected chi connectivity index (χ1v) is 3.22. The molecule has 0 fully saturated rings. The third-order valence-corrected chi connectivity index (χ3v) is 1.47. The molecular weight excluding hydrogens is 112 g/mol. The molecule has 2 nitrogen and oxygen atoms in total. The molecule has 0 aliphatic carbocycles. The monoisotopic (exact) mass is 124 g/mol. The fraction of sp³-hybridized carbons (Fsp3) is 0.429. The molecule has 2 N–H and O–H groups in total. The van der Waals surface area contributed by atoms with Gasteiger partial charge in [-0.3, -0.25) is 0 Å². The lowest BCUT2D eigenvalue weighted by Crippen LogP contribution is -2.04. The Labute approximate surface area is 55.3 Å². The second-order valence-corrected chi connectivity index (χ2v) is 1.99. The van der Waals surface area contributed by atoms with Crippen LogP contribution < -0.4 is 5.73 Å². The molecule has 0 radical (unpaired) electrons. The van der Waals surface area contributed by atoms with Crippen LogP contribution in [0.4, 0.5) is 0 Å². The third-order valence-electron chi connectivity index (χ3n) is 1.47. The molecule has 9 heavy (non-hydrogen) atoms. The van der Waals surface area contributed by atoms with Crippen molar-refractivity contribution in [2.75, 3.05) is 0 Å². The van der Waals surface area contributed by atoms with Gasteiger partial charge in [-0.1, -0.05) is 0 Å². The number of hydrogen-bond acceptors (Lipinski definition) is 1. The van der Waals surface area contributed by atoms with Crippen molar-refractivity contribution in [3.8, 4) is 0 Å². The molecule has 0 amide bonds. The van der Waals surface area contributed by atoms with E-state index in [4.69, 9.17) is 5.73 Å². The summed E-state index contributed by atoms with van der Waals surface area (Å²) in [5, 5.41) is 0. The first kappa shape index (κ1) is 6.36. The Bertz CT molecular complexity index is 160. The Kier molecular flexibility index (Phi) is 1.90. The fourth-order valence-corrected chi connectivity index (χ4v) is 0.943. The molecule has 1 heterocycles. The highest BCUT2D eigenvalue weighted by molar-refractivity contribution is 5.05. The maximum absolute atomic E-state index is 5.45. The molecule has 0 spiro atoms. The van der Waals surface area contributed by atoms with E-state index in [1.54, 1.807) is 0 Å². The van der Waals surface area contributed by atoms with Crippen LogP contribution >= 0.6 is 0 Å². The molecule has 0 saturated carbocycles. The Morgan fingerprint density at radius 3 is 2.89 bits per heavy atom. The third kappa shape index (κ3) is 1.13. The van der Waals surface area contributed by atoms with E-state index in [0.717, 1.165) is 6.54 Å². The van der Waals surface area contributed by atoms with Crippen LogP contribution in [0.3, 0.4) is 0 Å². The first-order chi connectivity index (χ1) is 4.38. The molecule has 1 aromatic rings. The molecule has 0 saturated heterocycles. The van der Waals surface area contributed by atoms with Crippen molar-refractivity contribution in [1.29, 1.82) is 0 Å². The molecular formula is C7H12N2. The summed E-state index contributed by atoms with van der Waals surface area (Å²) in [6.45, 7) is 3.76. The summed E-state index contributed by atoms with van der Waals surface area (Å²) in [6, 6.07) is 4.06. The second kappa shape index (κ2) is 2.69. The van der Waals surface area contributed by atoms with Crippen LogP contribution in [-0.4, -0.2) is 4.57 Å². The second-order valence-electron chi connectivity index (χ2n) is 1.99. The van der Waals surface area contributed by atoms with Gasteiger partial charge < -0.3 is 10.3 Å². The summed E-state index contributed by atoms with van der Waals surface area (Å²) in [5.41, 5.74) is 6.66. The molecule has 0 aliphatic rings. The van der Waals surface area contributed by atoms with Crippen molar-refractivity contribution in [3.05, 3.63) is 24.0 Å². The maximum atomic E-state index is 5.45. The number of nitrogens with zero attached hydrogens (tertiary/aromatic N) is 1. The minimum absolute atomic E-state index is 0.640. The molecule has 0 aliphatic heterocycles. The van der Waals surface area contributed by atoms with E-state index >= 15 is 0 Å². The zero-order chi connectivity index (χ0) is 6.69. The van der Waals surface area contributed by atoms with Crippen molar-refractivity contribution in [1.82, 2.24) is 4.57 Å². The molecule has 1 rings (SSSR count). The maximum Gasteiger partial charge on any atom is 0.0334 e. The minimum atomic E-state index is 0.640. The van der Waals surface area contributed by atoms with E-state index in [1.165, 1.54) is 5.69 Å². The Hall–Kier alpha value is -0.760. The van der Waals surface area contributed by atoms with Gasteiger partial charge in [-0.05, 0) is 19.1 Å². The van der Waals surface area contributed by atoms with E-state index in [0.29, 0.717) is 6.54 Å². The van der Waals surface area contributed by atoms with Crippen LogP contribution in [0.25, 0.3) is 0 Å². The largest absolute Gasteiger partial charge is 0.351 e. The summed E-state index contributed by atoms with van der Waals surface area (Å²) in [5.74, 6) is 0. The molecule has 50 valence electrons. The highest BCUT2D eigenvalue weighted by Gasteiger charge is 1.92. The summed E-state index contributed by atoms with van der Waals surface area (Å²) in [6.07, 6.45) is 2.04.